The second-order valence-electron chi connectivity index (χ2n) is 7.80. The summed E-state index contributed by atoms with van der Waals surface area (Å²) in [6.07, 6.45) is 3.98. The topological polar surface area (TPSA) is 57.2 Å². The first kappa shape index (κ1) is 18.3. The number of amides is 1. The molecule has 1 saturated carbocycles. The lowest BCUT2D eigenvalue weighted by Gasteiger charge is -2.37. The maximum Gasteiger partial charge on any atom is 0.251 e. The molecule has 0 spiro atoms. The molecule has 1 N–H and O–H groups in total. The maximum absolute atomic E-state index is 12.5. The second kappa shape index (κ2) is 8.30. The fraction of sp³-hybridized carbons (Fsp3) is 0.619. The Morgan fingerprint density at radius 3 is 2.59 bits per heavy atom. The van der Waals surface area contributed by atoms with Gasteiger partial charge in [0.25, 0.3) is 5.91 Å². The first-order valence-electron chi connectivity index (χ1n) is 10.2. The van der Waals surface area contributed by atoms with E-state index in [1.54, 1.807) is 0 Å². The number of nitrogens with zero attached hydrogens (tertiary/aromatic N) is 3. The highest BCUT2D eigenvalue weighted by molar-refractivity contribution is 5.83. The molecule has 2 saturated heterocycles. The van der Waals surface area contributed by atoms with Crippen LogP contribution in [-0.4, -0.2) is 73.6 Å². The van der Waals surface area contributed by atoms with Gasteiger partial charge in [-0.25, -0.2) is 0 Å². The molecule has 3 unspecified atom stereocenters. The minimum atomic E-state index is -0.209. The van der Waals surface area contributed by atoms with E-state index in [0.717, 1.165) is 58.0 Å². The van der Waals surface area contributed by atoms with Crippen LogP contribution in [0.4, 0.5) is 0 Å². The summed E-state index contributed by atoms with van der Waals surface area (Å²) >= 11 is 0. The molecule has 1 aliphatic carbocycles. The van der Waals surface area contributed by atoms with Crippen molar-refractivity contribution >= 4 is 11.9 Å². The largest absolute Gasteiger partial charge is 0.368 e. The molecule has 0 radical (unpaired) electrons. The number of benzene rings is 1. The van der Waals surface area contributed by atoms with E-state index in [4.69, 9.17) is 4.74 Å². The van der Waals surface area contributed by atoms with Gasteiger partial charge in [0.1, 0.15) is 6.10 Å². The maximum atomic E-state index is 12.5. The predicted octanol–water partition coefficient (Wildman–Crippen LogP) is 1.52. The summed E-state index contributed by atoms with van der Waals surface area (Å²) in [7, 11) is 1.85. The third-order valence-electron chi connectivity index (χ3n) is 5.89. The minimum Gasteiger partial charge on any atom is -0.368 e. The molecule has 1 amide bonds. The van der Waals surface area contributed by atoms with Crippen LogP contribution < -0.4 is 5.32 Å². The van der Waals surface area contributed by atoms with Crippen LogP contribution in [0.5, 0.6) is 0 Å². The van der Waals surface area contributed by atoms with Crippen LogP contribution in [0.2, 0.25) is 0 Å². The van der Waals surface area contributed by atoms with Crippen molar-refractivity contribution in [1.82, 2.24) is 15.1 Å². The van der Waals surface area contributed by atoms with Gasteiger partial charge in [-0.15, -0.1) is 0 Å². The van der Waals surface area contributed by atoms with Crippen LogP contribution in [0.25, 0.3) is 0 Å². The summed E-state index contributed by atoms with van der Waals surface area (Å²) in [6, 6.07) is 11.2. The molecular weight excluding hydrogens is 340 g/mol. The number of hydrogen-bond donors (Lipinski definition) is 1. The van der Waals surface area contributed by atoms with Gasteiger partial charge in [0.05, 0.1) is 0 Å². The molecule has 2 heterocycles. The highest BCUT2D eigenvalue weighted by Crippen LogP contribution is 2.34. The van der Waals surface area contributed by atoms with Gasteiger partial charge in [-0.1, -0.05) is 30.3 Å². The number of ether oxygens (including phenoxy) is 1. The number of aliphatic imine (C=N–C) groups is 1. The molecule has 146 valence electrons. The highest BCUT2D eigenvalue weighted by atomic mass is 16.5. The molecule has 0 bridgehead atoms. The Labute approximate surface area is 161 Å². The van der Waals surface area contributed by atoms with E-state index in [1.165, 1.54) is 12.0 Å². The van der Waals surface area contributed by atoms with Crippen molar-refractivity contribution in [3.05, 3.63) is 35.9 Å². The fourth-order valence-electron chi connectivity index (χ4n) is 4.14. The van der Waals surface area contributed by atoms with Crippen LogP contribution >= 0.6 is 0 Å². The van der Waals surface area contributed by atoms with E-state index in [2.05, 4.69) is 45.5 Å². The number of nitrogens with one attached hydrogen (secondary N) is 1. The van der Waals surface area contributed by atoms with Gasteiger partial charge in [0, 0.05) is 45.9 Å². The number of carbonyl (C=O) groups excluding carboxylic acids is 1. The molecular formula is C21H30N4O2. The molecule has 0 aromatic heterocycles. The van der Waals surface area contributed by atoms with Crippen molar-refractivity contribution in [3.8, 4) is 0 Å². The molecule has 4 rings (SSSR count). The summed E-state index contributed by atoms with van der Waals surface area (Å²) in [6.45, 7) is 3.87. The summed E-state index contributed by atoms with van der Waals surface area (Å²) in [4.78, 5) is 21.2. The summed E-state index contributed by atoms with van der Waals surface area (Å²) < 4.78 is 5.54. The Morgan fingerprint density at radius 2 is 1.93 bits per heavy atom. The zero-order valence-electron chi connectivity index (χ0n) is 16.1. The lowest BCUT2D eigenvalue weighted by Crippen LogP contribution is -2.55. The molecule has 3 fully saturated rings. The van der Waals surface area contributed by atoms with Gasteiger partial charge in [-0.3, -0.25) is 9.79 Å². The van der Waals surface area contributed by atoms with Crippen LogP contribution in [0.3, 0.4) is 0 Å². The van der Waals surface area contributed by atoms with Crippen LogP contribution in [-0.2, 0) is 16.0 Å². The summed E-state index contributed by atoms with van der Waals surface area (Å²) in [5.74, 6) is 1.83. The molecule has 1 aromatic carbocycles. The molecule has 6 heteroatoms. The number of piperazine rings is 1. The molecule has 3 aliphatic rings. The van der Waals surface area contributed by atoms with Crippen LogP contribution in [0.1, 0.15) is 24.8 Å². The lowest BCUT2D eigenvalue weighted by atomic mass is 10.1. The van der Waals surface area contributed by atoms with Gasteiger partial charge >= 0.3 is 0 Å². The second-order valence-corrected chi connectivity index (χ2v) is 7.80. The van der Waals surface area contributed by atoms with Gasteiger partial charge in [0.2, 0.25) is 0 Å². The Hall–Kier alpha value is -2.08. The average Bonchev–Trinajstić information content (AvgIpc) is 3.20. The van der Waals surface area contributed by atoms with E-state index in [9.17, 15) is 4.79 Å². The summed E-state index contributed by atoms with van der Waals surface area (Å²) in [5.41, 5.74) is 1.41. The monoisotopic (exact) mass is 370 g/mol. The van der Waals surface area contributed by atoms with Crippen molar-refractivity contribution in [1.29, 1.82) is 0 Å². The minimum absolute atomic E-state index is 0.167. The van der Waals surface area contributed by atoms with Crippen molar-refractivity contribution < 1.29 is 9.53 Å². The number of hydrogen-bond acceptors (Lipinski definition) is 3. The molecule has 27 heavy (non-hydrogen) atoms. The third-order valence-corrected chi connectivity index (χ3v) is 5.89. The van der Waals surface area contributed by atoms with E-state index in [-0.39, 0.29) is 12.0 Å². The van der Waals surface area contributed by atoms with E-state index in [1.807, 2.05) is 11.9 Å². The quantitative estimate of drug-likeness (QED) is 0.645. The van der Waals surface area contributed by atoms with Gasteiger partial charge < -0.3 is 19.9 Å². The zero-order chi connectivity index (χ0) is 18.6. The molecule has 2 aliphatic heterocycles. The first-order chi connectivity index (χ1) is 13.2. The SMILES string of the molecule is CN=C(NC1CC1Cc1ccccc1)N1CCN(C(=O)C2CCCO2)CC1. The number of rotatable bonds is 4. The summed E-state index contributed by atoms with van der Waals surface area (Å²) in [5, 5.41) is 3.63. The van der Waals surface area contributed by atoms with E-state index >= 15 is 0 Å². The van der Waals surface area contributed by atoms with Crippen molar-refractivity contribution in [2.75, 3.05) is 39.8 Å². The third kappa shape index (κ3) is 4.43. The van der Waals surface area contributed by atoms with E-state index in [0.29, 0.717) is 12.0 Å². The highest BCUT2D eigenvalue weighted by Gasteiger charge is 2.39. The van der Waals surface area contributed by atoms with Gasteiger partial charge in [-0.05, 0) is 37.2 Å². The van der Waals surface area contributed by atoms with Gasteiger partial charge in [-0.2, -0.15) is 0 Å². The Kier molecular flexibility index (Phi) is 5.62. The predicted molar refractivity (Wildman–Crippen MR) is 106 cm³/mol. The molecule has 6 nitrogen and oxygen atoms in total. The Morgan fingerprint density at radius 1 is 1.19 bits per heavy atom. The van der Waals surface area contributed by atoms with Crippen molar-refractivity contribution in [2.45, 2.75) is 37.8 Å². The molecule has 3 atom stereocenters. The number of guanidine groups is 1. The normalized spacial score (nSPS) is 28.3. The Balaban J connectivity index is 1.23. The average molecular weight is 370 g/mol. The lowest BCUT2D eigenvalue weighted by molar-refractivity contribution is -0.142. The van der Waals surface area contributed by atoms with Crippen molar-refractivity contribution in [2.24, 2.45) is 10.9 Å². The standard InChI is InChI=1S/C21H30N4O2/c1-22-21(23-18-15-17(18)14-16-6-3-2-4-7-16)25-11-9-24(10-12-25)20(26)19-8-5-13-27-19/h2-4,6-7,17-19H,5,8-15H2,1H3,(H,22,23). The van der Waals surface area contributed by atoms with E-state index < -0.39 is 0 Å². The van der Waals surface area contributed by atoms with Crippen LogP contribution in [0.15, 0.2) is 35.3 Å². The van der Waals surface area contributed by atoms with Crippen molar-refractivity contribution in [3.63, 3.8) is 0 Å². The number of carbonyl (C=O) groups is 1. The molecule has 1 aromatic rings. The zero-order valence-corrected chi connectivity index (χ0v) is 16.1. The van der Waals surface area contributed by atoms with Gasteiger partial charge in [0.15, 0.2) is 5.96 Å². The van der Waals surface area contributed by atoms with Crippen LogP contribution in [0, 0.1) is 5.92 Å². The Bertz CT molecular complexity index is 664. The first-order valence-corrected chi connectivity index (χ1v) is 10.2. The smallest absolute Gasteiger partial charge is 0.251 e. The fourth-order valence-corrected chi connectivity index (χ4v) is 4.14.